The van der Waals surface area contributed by atoms with Crippen LogP contribution in [0.15, 0.2) is 53.7 Å². The van der Waals surface area contributed by atoms with E-state index in [0.717, 1.165) is 36.8 Å². The summed E-state index contributed by atoms with van der Waals surface area (Å²) in [6.07, 6.45) is 4.53. The van der Waals surface area contributed by atoms with Crippen molar-refractivity contribution < 1.29 is 4.79 Å². The van der Waals surface area contributed by atoms with E-state index in [9.17, 15) is 4.79 Å². The van der Waals surface area contributed by atoms with Gasteiger partial charge in [0.1, 0.15) is 5.03 Å². The molecule has 1 aliphatic heterocycles. The summed E-state index contributed by atoms with van der Waals surface area (Å²) >= 11 is 3.04. The largest absolute Gasteiger partial charge is 0.298 e. The lowest BCUT2D eigenvalue weighted by Gasteiger charge is -2.25. The molecule has 2 aromatic heterocycles. The Morgan fingerprint density at radius 2 is 2.11 bits per heavy atom. The Morgan fingerprint density at radius 1 is 1.26 bits per heavy atom. The first kappa shape index (κ1) is 18.2. The average Bonchev–Trinajstić information content (AvgIpc) is 3.10. The van der Waals surface area contributed by atoms with Crippen molar-refractivity contribution in [2.75, 3.05) is 18.1 Å². The van der Waals surface area contributed by atoms with Gasteiger partial charge < -0.3 is 0 Å². The maximum Gasteiger partial charge on any atom is 0.260 e. The summed E-state index contributed by atoms with van der Waals surface area (Å²) in [5.41, 5.74) is 3.01. The molecule has 0 bridgehead atoms. The van der Waals surface area contributed by atoms with Gasteiger partial charge in [0.15, 0.2) is 5.13 Å². The monoisotopic (exact) mass is 396 g/mol. The molecule has 3 aromatic rings. The van der Waals surface area contributed by atoms with Crippen molar-refractivity contribution in [3.8, 4) is 0 Å². The standard InChI is InChI=1S/C20H20N4OS2/c1-26-19-15(8-5-10-21-19)18(25)23-20-22-16-9-11-24(13-17(16)27-20)12-14-6-3-2-4-7-14/h2-8,10H,9,11-13H2,1H3,(H,22,23,25). The van der Waals surface area contributed by atoms with Crippen molar-refractivity contribution in [2.45, 2.75) is 24.5 Å². The number of hydrogen-bond acceptors (Lipinski definition) is 6. The number of thioether (sulfide) groups is 1. The third kappa shape index (κ3) is 4.21. The first-order valence-electron chi connectivity index (χ1n) is 8.78. The zero-order valence-electron chi connectivity index (χ0n) is 15.0. The van der Waals surface area contributed by atoms with Gasteiger partial charge in [-0.1, -0.05) is 30.3 Å². The van der Waals surface area contributed by atoms with Crippen molar-refractivity contribution in [3.63, 3.8) is 0 Å². The van der Waals surface area contributed by atoms with E-state index in [2.05, 4.69) is 44.5 Å². The summed E-state index contributed by atoms with van der Waals surface area (Å²) in [6.45, 7) is 2.80. The predicted molar refractivity (Wildman–Crippen MR) is 110 cm³/mol. The number of rotatable bonds is 5. The number of thiazole rings is 1. The van der Waals surface area contributed by atoms with Gasteiger partial charge in [0.25, 0.3) is 5.91 Å². The van der Waals surface area contributed by atoms with Crippen molar-refractivity contribution in [1.29, 1.82) is 0 Å². The van der Waals surface area contributed by atoms with E-state index in [0.29, 0.717) is 10.7 Å². The summed E-state index contributed by atoms with van der Waals surface area (Å²) in [5.74, 6) is -0.153. The Hall–Kier alpha value is -2.22. The fraction of sp³-hybridized carbons (Fsp3) is 0.250. The molecular weight excluding hydrogens is 376 g/mol. The Labute approximate surface area is 166 Å². The van der Waals surface area contributed by atoms with Gasteiger partial charge in [-0.25, -0.2) is 9.97 Å². The van der Waals surface area contributed by atoms with Gasteiger partial charge in [-0.15, -0.1) is 23.1 Å². The van der Waals surface area contributed by atoms with Gasteiger partial charge >= 0.3 is 0 Å². The van der Waals surface area contributed by atoms with E-state index in [-0.39, 0.29) is 5.91 Å². The summed E-state index contributed by atoms with van der Waals surface area (Å²) in [7, 11) is 0. The zero-order valence-corrected chi connectivity index (χ0v) is 16.6. The van der Waals surface area contributed by atoms with E-state index in [1.54, 1.807) is 29.7 Å². The van der Waals surface area contributed by atoms with Crippen LogP contribution in [0, 0.1) is 0 Å². The second-order valence-corrected chi connectivity index (χ2v) is 8.23. The second kappa shape index (κ2) is 8.21. The summed E-state index contributed by atoms with van der Waals surface area (Å²) in [5, 5.41) is 4.35. The third-order valence-corrected chi connectivity index (χ3v) is 6.20. The summed E-state index contributed by atoms with van der Waals surface area (Å²) in [4.78, 5) is 25.2. The fourth-order valence-electron chi connectivity index (χ4n) is 3.17. The molecule has 0 saturated heterocycles. The van der Waals surface area contributed by atoms with Crippen molar-refractivity contribution in [3.05, 3.63) is 70.4 Å². The summed E-state index contributed by atoms with van der Waals surface area (Å²) < 4.78 is 0. The molecule has 1 amide bonds. The lowest BCUT2D eigenvalue weighted by Crippen LogP contribution is -2.29. The number of hydrogen-bond donors (Lipinski definition) is 1. The molecule has 5 nitrogen and oxygen atoms in total. The van der Waals surface area contributed by atoms with E-state index < -0.39 is 0 Å². The average molecular weight is 397 g/mol. The number of pyridine rings is 1. The molecule has 0 unspecified atom stereocenters. The van der Waals surface area contributed by atoms with Crippen LogP contribution >= 0.6 is 23.1 Å². The molecule has 0 saturated carbocycles. The van der Waals surface area contributed by atoms with E-state index in [4.69, 9.17) is 0 Å². The quantitative estimate of drug-likeness (QED) is 0.659. The highest BCUT2D eigenvalue weighted by molar-refractivity contribution is 7.98. The molecule has 138 valence electrons. The van der Waals surface area contributed by atoms with Crippen molar-refractivity contribution >= 4 is 34.1 Å². The minimum atomic E-state index is -0.153. The maximum absolute atomic E-state index is 12.6. The van der Waals surface area contributed by atoms with Crippen LogP contribution in [-0.2, 0) is 19.5 Å². The van der Waals surface area contributed by atoms with Gasteiger partial charge in [-0.2, -0.15) is 0 Å². The Balaban J connectivity index is 1.45. The van der Waals surface area contributed by atoms with Crippen LogP contribution in [0.1, 0.15) is 26.5 Å². The SMILES string of the molecule is CSc1ncccc1C(=O)Nc1nc2c(s1)CN(Cc1ccccc1)CC2. The molecule has 0 atom stereocenters. The number of carbonyl (C=O) groups is 1. The first-order valence-corrected chi connectivity index (χ1v) is 10.8. The van der Waals surface area contributed by atoms with Crippen LogP contribution in [0.4, 0.5) is 5.13 Å². The molecule has 1 aliphatic rings. The van der Waals surface area contributed by atoms with Gasteiger partial charge in [-0.05, 0) is 24.0 Å². The first-order chi connectivity index (χ1) is 13.2. The topological polar surface area (TPSA) is 58.1 Å². The van der Waals surface area contributed by atoms with Gasteiger partial charge in [0.05, 0.1) is 11.3 Å². The van der Waals surface area contributed by atoms with Crippen LogP contribution in [0.3, 0.4) is 0 Å². The molecule has 3 heterocycles. The third-order valence-electron chi connectivity index (χ3n) is 4.49. The number of fused-ring (bicyclic) bond motifs is 1. The van der Waals surface area contributed by atoms with E-state index >= 15 is 0 Å². The lowest BCUT2D eigenvalue weighted by atomic mass is 10.1. The zero-order chi connectivity index (χ0) is 18.6. The van der Waals surface area contributed by atoms with E-state index in [1.165, 1.54) is 22.2 Å². The summed E-state index contributed by atoms with van der Waals surface area (Å²) in [6, 6.07) is 14.1. The number of amides is 1. The van der Waals surface area contributed by atoms with Crippen LogP contribution < -0.4 is 5.32 Å². The molecule has 27 heavy (non-hydrogen) atoms. The number of carbonyl (C=O) groups excluding carboxylic acids is 1. The minimum Gasteiger partial charge on any atom is -0.298 e. The van der Waals surface area contributed by atoms with Gasteiger partial charge in [-0.3, -0.25) is 15.0 Å². The predicted octanol–water partition coefficient (Wildman–Crippen LogP) is 4.07. The van der Waals surface area contributed by atoms with Crippen LogP contribution in [0.2, 0.25) is 0 Å². The second-order valence-electron chi connectivity index (χ2n) is 6.35. The molecule has 4 rings (SSSR count). The molecule has 7 heteroatoms. The molecular formula is C20H20N4OS2. The Bertz CT molecular complexity index is 942. The molecule has 1 aromatic carbocycles. The number of nitrogens with one attached hydrogen (secondary N) is 1. The number of nitrogens with zero attached hydrogens (tertiary/aromatic N) is 3. The van der Waals surface area contributed by atoms with Crippen LogP contribution in [0.5, 0.6) is 0 Å². The smallest absolute Gasteiger partial charge is 0.260 e. The Kier molecular flexibility index (Phi) is 5.52. The fourth-order valence-corrected chi connectivity index (χ4v) is 4.76. The molecule has 1 N–H and O–H groups in total. The highest BCUT2D eigenvalue weighted by atomic mass is 32.2. The van der Waals surface area contributed by atoms with Crippen LogP contribution in [0.25, 0.3) is 0 Å². The number of anilines is 1. The lowest BCUT2D eigenvalue weighted by molar-refractivity contribution is 0.102. The highest BCUT2D eigenvalue weighted by Crippen LogP contribution is 2.29. The molecule has 0 fully saturated rings. The van der Waals surface area contributed by atoms with Gasteiger partial charge in [0, 0.05) is 37.1 Å². The van der Waals surface area contributed by atoms with Crippen molar-refractivity contribution in [1.82, 2.24) is 14.9 Å². The molecule has 0 spiro atoms. The van der Waals surface area contributed by atoms with Crippen molar-refractivity contribution in [2.24, 2.45) is 0 Å². The molecule has 0 radical (unpaired) electrons. The van der Waals surface area contributed by atoms with Crippen LogP contribution in [-0.4, -0.2) is 33.6 Å². The number of aromatic nitrogens is 2. The maximum atomic E-state index is 12.6. The minimum absolute atomic E-state index is 0.153. The Morgan fingerprint density at radius 3 is 2.93 bits per heavy atom. The molecule has 0 aliphatic carbocycles. The number of benzene rings is 1. The van der Waals surface area contributed by atoms with Gasteiger partial charge in [0.2, 0.25) is 0 Å². The highest BCUT2D eigenvalue weighted by Gasteiger charge is 2.22. The van der Waals surface area contributed by atoms with E-state index in [1.807, 2.05) is 12.3 Å². The normalized spacial score (nSPS) is 14.0.